The molecule has 0 amide bonds. The summed E-state index contributed by atoms with van der Waals surface area (Å²) in [6.07, 6.45) is -2.46. The van der Waals surface area contributed by atoms with Crippen LogP contribution in [0.15, 0.2) is 12.4 Å². The monoisotopic (exact) mass is 344 g/mol. The topological polar surface area (TPSA) is 79.4 Å². The fraction of sp³-hybridized carbons (Fsp3) is 0.385. The predicted octanol–water partition coefficient (Wildman–Crippen LogP) is 3.66. The van der Waals surface area contributed by atoms with E-state index in [1.54, 1.807) is 27.0 Å². The zero-order valence-corrected chi connectivity index (χ0v) is 13.2. The molecule has 0 fully saturated rings. The summed E-state index contributed by atoms with van der Waals surface area (Å²) in [7, 11) is 0. The normalized spacial score (nSPS) is 12.1. The number of anilines is 2. The summed E-state index contributed by atoms with van der Waals surface area (Å²) in [6.45, 7) is 5.03. The van der Waals surface area contributed by atoms with Gasteiger partial charge in [-0.25, -0.2) is 9.97 Å². The standard InChI is InChI=1S/C13H12ClF3N6/c1-7-9(5-23(22-7)12(2,3)6-18)20-11-19-4-8(10(14)21-11)13(15,16)17/h4-5H,1-3H3,(H,19,20,21). The van der Waals surface area contributed by atoms with Gasteiger partial charge in [-0.15, -0.1) is 0 Å². The molecule has 0 unspecified atom stereocenters. The van der Waals surface area contributed by atoms with Crippen LogP contribution in [0.1, 0.15) is 25.1 Å². The lowest BCUT2D eigenvalue weighted by Gasteiger charge is -2.15. The van der Waals surface area contributed by atoms with Crippen molar-refractivity contribution in [1.29, 1.82) is 5.26 Å². The first-order chi connectivity index (χ1) is 10.5. The largest absolute Gasteiger partial charge is 0.420 e. The van der Waals surface area contributed by atoms with E-state index in [-0.39, 0.29) is 5.95 Å². The Morgan fingerprint density at radius 2 is 2.00 bits per heavy atom. The van der Waals surface area contributed by atoms with E-state index in [0.29, 0.717) is 17.6 Å². The molecule has 10 heteroatoms. The Bertz CT molecular complexity index is 775. The first-order valence-electron chi connectivity index (χ1n) is 6.39. The van der Waals surface area contributed by atoms with Crippen LogP contribution in [0.2, 0.25) is 5.15 Å². The summed E-state index contributed by atoms with van der Waals surface area (Å²) in [4.78, 5) is 7.19. The highest BCUT2D eigenvalue weighted by molar-refractivity contribution is 6.30. The second-order valence-corrected chi connectivity index (χ2v) is 5.62. The van der Waals surface area contributed by atoms with Gasteiger partial charge >= 0.3 is 6.18 Å². The van der Waals surface area contributed by atoms with Crippen LogP contribution in [-0.4, -0.2) is 19.7 Å². The van der Waals surface area contributed by atoms with Gasteiger partial charge in [0.2, 0.25) is 5.95 Å². The van der Waals surface area contributed by atoms with Gasteiger partial charge in [-0.1, -0.05) is 11.6 Å². The van der Waals surface area contributed by atoms with Crippen LogP contribution in [0, 0.1) is 18.3 Å². The van der Waals surface area contributed by atoms with Crippen molar-refractivity contribution in [1.82, 2.24) is 19.7 Å². The minimum absolute atomic E-state index is 0.0968. The van der Waals surface area contributed by atoms with Crippen LogP contribution in [0.4, 0.5) is 24.8 Å². The summed E-state index contributed by atoms with van der Waals surface area (Å²) in [5, 5.41) is 15.3. The molecule has 2 rings (SSSR count). The van der Waals surface area contributed by atoms with Crippen LogP contribution in [-0.2, 0) is 11.7 Å². The Kier molecular flexibility index (Phi) is 4.22. The molecule has 0 saturated heterocycles. The summed E-state index contributed by atoms with van der Waals surface area (Å²) < 4.78 is 39.3. The van der Waals surface area contributed by atoms with Crippen molar-refractivity contribution in [3.63, 3.8) is 0 Å². The fourth-order valence-electron chi connectivity index (χ4n) is 1.65. The third-order valence-corrected chi connectivity index (χ3v) is 3.33. The molecule has 6 nitrogen and oxygen atoms in total. The molecule has 2 heterocycles. The minimum atomic E-state index is -4.62. The van der Waals surface area contributed by atoms with Crippen molar-refractivity contribution in [3.05, 3.63) is 28.8 Å². The van der Waals surface area contributed by atoms with Crippen molar-refractivity contribution in [2.45, 2.75) is 32.5 Å². The van der Waals surface area contributed by atoms with Crippen LogP contribution >= 0.6 is 11.6 Å². The highest BCUT2D eigenvalue weighted by Crippen LogP contribution is 2.33. The van der Waals surface area contributed by atoms with Crippen molar-refractivity contribution in [3.8, 4) is 6.07 Å². The number of rotatable bonds is 3. The lowest BCUT2D eigenvalue weighted by Crippen LogP contribution is -2.24. The molecule has 0 aromatic carbocycles. The number of nitrogens with one attached hydrogen (secondary N) is 1. The maximum absolute atomic E-state index is 12.6. The first-order valence-corrected chi connectivity index (χ1v) is 6.77. The SMILES string of the molecule is Cc1nn(C(C)(C)C#N)cc1Nc1ncc(C(F)(F)F)c(Cl)n1. The molecule has 23 heavy (non-hydrogen) atoms. The zero-order valence-electron chi connectivity index (χ0n) is 12.4. The average molecular weight is 345 g/mol. The van der Waals surface area contributed by atoms with Crippen LogP contribution < -0.4 is 5.32 Å². The maximum atomic E-state index is 12.6. The fourth-order valence-corrected chi connectivity index (χ4v) is 1.89. The molecule has 0 spiro atoms. The molecule has 0 saturated carbocycles. The Hall–Kier alpha value is -2.34. The van der Waals surface area contributed by atoms with Gasteiger partial charge in [0, 0.05) is 6.20 Å². The second-order valence-electron chi connectivity index (χ2n) is 5.26. The van der Waals surface area contributed by atoms with Crippen LogP contribution in [0.25, 0.3) is 0 Å². The summed E-state index contributed by atoms with van der Waals surface area (Å²) in [6, 6.07) is 2.09. The van der Waals surface area contributed by atoms with Gasteiger partial charge in [0.15, 0.2) is 0 Å². The number of aromatic nitrogens is 4. The van der Waals surface area contributed by atoms with E-state index >= 15 is 0 Å². The Labute approximate surface area is 134 Å². The molecule has 0 radical (unpaired) electrons. The highest BCUT2D eigenvalue weighted by Gasteiger charge is 2.34. The molecule has 2 aromatic rings. The highest BCUT2D eigenvalue weighted by atomic mass is 35.5. The lowest BCUT2D eigenvalue weighted by molar-refractivity contribution is -0.137. The van der Waals surface area contributed by atoms with E-state index in [0.717, 1.165) is 0 Å². The van der Waals surface area contributed by atoms with E-state index in [2.05, 4.69) is 26.5 Å². The first kappa shape index (κ1) is 17.0. The molecule has 0 bridgehead atoms. The number of nitrogens with zero attached hydrogens (tertiary/aromatic N) is 5. The smallest absolute Gasteiger partial charge is 0.321 e. The number of aryl methyl sites for hydroxylation is 1. The molecule has 0 aliphatic heterocycles. The third kappa shape index (κ3) is 3.53. The van der Waals surface area contributed by atoms with Crippen molar-refractivity contribution < 1.29 is 13.2 Å². The number of halogens is 4. The predicted molar refractivity (Wildman–Crippen MR) is 77.2 cm³/mol. The van der Waals surface area contributed by atoms with Gasteiger partial charge in [-0.05, 0) is 20.8 Å². The quantitative estimate of drug-likeness (QED) is 0.860. The van der Waals surface area contributed by atoms with Gasteiger partial charge in [-0.2, -0.15) is 23.5 Å². The van der Waals surface area contributed by atoms with Crippen molar-refractivity contribution in [2.75, 3.05) is 5.32 Å². The summed E-state index contributed by atoms with van der Waals surface area (Å²) in [5.41, 5.74) is -0.983. The van der Waals surface area contributed by atoms with E-state index in [9.17, 15) is 13.2 Å². The second kappa shape index (κ2) is 5.70. The molecule has 0 aliphatic rings. The molecule has 0 atom stereocenters. The Morgan fingerprint density at radius 3 is 2.52 bits per heavy atom. The molecule has 122 valence electrons. The average Bonchev–Trinajstić information content (AvgIpc) is 2.79. The van der Waals surface area contributed by atoms with E-state index in [1.807, 2.05) is 0 Å². The molecular weight excluding hydrogens is 333 g/mol. The van der Waals surface area contributed by atoms with Gasteiger partial charge in [0.25, 0.3) is 0 Å². The molecule has 1 N–H and O–H groups in total. The van der Waals surface area contributed by atoms with Crippen LogP contribution in [0.5, 0.6) is 0 Å². The zero-order chi connectivity index (χ0) is 17.4. The Balaban J connectivity index is 2.31. The Morgan fingerprint density at radius 1 is 1.35 bits per heavy atom. The summed E-state index contributed by atoms with van der Waals surface area (Å²) in [5.74, 6) is -0.0968. The van der Waals surface area contributed by atoms with Gasteiger partial charge in [0.1, 0.15) is 16.3 Å². The molecule has 2 aromatic heterocycles. The number of hydrogen-bond donors (Lipinski definition) is 1. The number of hydrogen-bond acceptors (Lipinski definition) is 5. The van der Waals surface area contributed by atoms with Gasteiger partial charge < -0.3 is 5.32 Å². The molecule has 0 aliphatic carbocycles. The van der Waals surface area contributed by atoms with Crippen LogP contribution in [0.3, 0.4) is 0 Å². The van der Waals surface area contributed by atoms with E-state index < -0.39 is 22.4 Å². The number of nitriles is 1. The van der Waals surface area contributed by atoms with Gasteiger partial charge in [0.05, 0.1) is 23.6 Å². The van der Waals surface area contributed by atoms with E-state index in [4.69, 9.17) is 16.9 Å². The maximum Gasteiger partial charge on any atom is 0.420 e. The van der Waals surface area contributed by atoms with E-state index in [1.165, 1.54) is 4.68 Å². The summed E-state index contributed by atoms with van der Waals surface area (Å²) >= 11 is 5.55. The molecular formula is C13H12ClF3N6. The minimum Gasteiger partial charge on any atom is -0.321 e. The number of alkyl halides is 3. The van der Waals surface area contributed by atoms with Gasteiger partial charge in [-0.3, -0.25) is 4.68 Å². The van der Waals surface area contributed by atoms with Crippen molar-refractivity contribution in [2.24, 2.45) is 0 Å². The third-order valence-electron chi connectivity index (χ3n) is 3.04. The van der Waals surface area contributed by atoms with Crippen molar-refractivity contribution >= 4 is 23.2 Å². The lowest BCUT2D eigenvalue weighted by atomic mass is 10.1.